The molecule has 2 unspecified atom stereocenters. The van der Waals surface area contributed by atoms with Crippen LogP contribution in [0.1, 0.15) is 30.9 Å². The molecule has 0 radical (unpaired) electrons. The first kappa shape index (κ1) is 8.80. The molecule has 0 bridgehead atoms. The average Bonchev–Trinajstić information content (AvgIpc) is 2.81. The minimum absolute atomic E-state index is 1.01. The van der Waals surface area contributed by atoms with E-state index < -0.39 is 0 Å². The molecule has 70 valence electrons. The maximum Gasteiger partial charge on any atom is -0.0276 e. The molecule has 1 fully saturated rings. The van der Waals surface area contributed by atoms with Crippen molar-refractivity contribution in [3.8, 4) is 0 Å². The lowest BCUT2D eigenvalue weighted by Gasteiger charge is -2.00. The first-order chi connectivity index (χ1) is 6.25. The largest absolute Gasteiger partial charge is 0.0622 e. The smallest absolute Gasteiger partial charge is 0.0276 e. The van der Waals surface area contributed by atoms with E-state index in [0.29, 0.717) is 0 Å². The van der Waals surface area contributed by atoms with E-state index in [1.165, 1.54) is 30.4 Å². The van der Waals surface area contributed by atoms with Crippen LogP contribution in [0.25, 0.3) is 0 Å². The molecule has 0 amide bonds. The van der Waals surface area contributed by atoms with Crippen molar-refractivity contribution in [2.45, 2.75) is 33.1 Å². The summed E-state index contributed by atoms with van der Waals surface area (Å²) in [6.45, 7) is 4.51. The minimum Gasteiger partial charge on any atom is -0.0622 e. The van der Waals surface area contributed by atoms with Crippen LogP contribution in [0.4, 0.5) is 0 Å². The third kappa shape index (κ3) is 2.33. The summed E-state index contributed by atoms with van der Waals surface area (Å²) in [7, 11) is 0. The second-order valence-electron chi connectivity index (χ2n) is 4.50. The van der Waals surface area contributed by atoms with Gasteiger partial charge in [0.15, 0.2) is 0 Å². The normalized spacial score (nSPS) is 26.0. The van der Waals surface area contributed by atoms with Gasteiger partial charge in [-0.1, -0.05) is 36.8 Å². The van der Waals surface area contributed by atoms with Gasteiger partial charge in [-0.15, -0.1) is 0 Å². The predicted molar refractivity (Wildman–Crippen MR) is 56.8 cm³/mol. The molecule has 1 saturated carbocycles. The quantitative estimate of drug-likeness (QED) is 0.657. The van der Waals surface area contributed by atoms with Gasteiger partial charge in [0.2, 0.25) is 0 Å². The highest BCUT2D eigenvalue weighted by molar-refractivity contribution is 5.21. The first-order valence-electron chi connectivity index (χ1n) is 5.31. The van der Waals surface area contributed by atoms with Gasteiger partial charge in [-0.2, -0.15) is 0 Å². The average molecular weight is 174 g/mol. The molecule has 2 rings (SSSR count). The van der Waals surface area contributed by atoms with Crippen LogP contribution in [0.3, 0.4) is 0 Å². The van der Waals surface area contributed by atoms with Crippen LogP contribution in [0.2, 0.25) is 0 Å². The maximum absolute atomic E-state index is 2.36. The second-order valence-corrected chi connectivity index (χ2v) is 4.50. The summed E-state index contributed by atoms with van der Waals surface area (Å²) in [5, 5.41) is 0. The monoisotopic (exact) mass is 174 g/mol. The Bertz CT molecular complexity index is 271. The fraction of sp³-hybridized carbons (Fsp3) is 0.538. The molecule has 0 N–H and O–H groups in total. The molecular weight excluding hydrogens is 156 g/mol. The maximum atomic E-state index is 2.36. The lowest BCUT2D eigenvalue weighted by atomic mass is 10.1. The summed E-state index contributed by atoms with van der Waals surface area (Å²) < 4.78 is 0. The van der Waals surface area contributed by atoms with Gasteiger partial charge in [-0.3, -0.25) is 0 Å². The summed E-state index contributed by atoms with van der Waals surface area (Å²) in [6.07, 6.45) is 4.13. The molecule has 0 nitrogen and oxygen atoms in total. The Morgan fingerprint density at radius 2 is 1.85 bits per heavy atom. The second kappa shape index (κ2) is 3.53. The molecule has 13 heavy (non-hydrogen) atoms. The molecule has 1 aromatic rings. The standard InChI is InChI=1S/C13H18/c1-10-3-5-12(6-4-10)7-8-13-9-11(13)2/h3-6,11,13H,7-9H2,1-2H3. The highest BCUT2D eigenvalue weighted by Crippen LogP contribution is 2.41. The van der Waals surface area contributed by atoms with Crippen molar-refractivity contribution in [1.82, 2.24) is 0 Å². The van der Waals surface area contributed by atoms with Crippen molar-refractivity contribution in [2.75, 3.05) is 0 Å². The molecule has 2 atom stereocenters. The zero-order valence-electron chi connectivity index (χ0n) is 8.59. The Morgan fingerprint density at radius 3 is 2.38 bits per heavy atom. The minimum atomic E-state index is 1.01. The van der Waals surface area contributed by atoms with Gasteiger partial charge in [0.25, 0.3) is 0 Å². The highest BCUT2D eigenvalue weighted by Gasteiger charge is 2.31. The van der Waals surface area contributed by atoms with Crippen molar-refractivity contribution in [2.24, 2.45) is 11.8 Å². The van der Waals surface area contributed by atoms with E-state index in [0.717, 1.165) is 11.8 Å². The molecular formula is C13H18. The van der Waals surface area contributed by atoms with Crippen LogP contribution in [-0.4, -0.2) is 0 Å². The number of aryl methyl sites for hydroxylation is 2. The third-order valence-electron chi connectivity index (χ3n) is 3.20. The van der Waals surface area contributed by atoms with Crippen molar-refractivity contribution in [1.29, 1.82) is 0 Å². The highest BCUT2D eigenvalue weighted by atomic mass is 14.4. The van der Waals surface area contributed by atoms with E-state index in [1.807, 2.05) is 0 Å². The summed E-state index contributed by atoms with van der Waals surface area (Å²) in [5.74, 6) is 2.03. The summed E-state index contributed by atoms with van der Waals surface area (Å²) in [5.41, 5.74) is 2.87. The molecule has 1 aliphatic carbocycles. The summed E-state index contributed by atoms with van der Waals surface area (Å²) in [4.78, 5) is 0. The van der Waals surface area contributed by atoms with E-state index >= 15 is 0 Å². The van der Waals surface area contributed by atoms with Gasteiger partial charge < -0.3 is 0 Å². The van der Waals surface area contributed by atoms with Crippen molar-refractivity contribution < 1.29 is 0 Å². The van der Waals surface area contributed by atoms with Crippen LogP contribution < -0.4 is 0 Å². The van der Waals surface area contributed by atoms with E-state index in [1.54, 1.807) is 0 Å². The molecule has 1 aliphatic rings. The Morgan fingerprint density at radius 1 is 1.23 bits per heavy atom. The lowest BCUT2D eigenvalue weighted by molar-refractivity contribution is 0.673. The van der Waals surface area contributed by atoms with Crippen molar-refractivity contribution in [3.63, 3.8) is 0 Å². The van der Waals surface area contributed by atoms with Gasteiger partial charge >= 0.3 is 0 Å². The first-order valence-corrected chi connectivity index (χ1v) is 5.31. The Balaban J connectivity index is 1.84. The van der Waals surface area contributed by atoms with E-state index in [4.69, 9.17) is 0 Å². The molecule has 0 spiro atoms. The van der Waals surface area contributed by atoms with Gasteiger partial charge in [-0.05, 0) is 43.6 Å². The Kier molecular flexibility index (Phi) is 2.39. The Labute approximate surface area is 81.0 Å². The van der Waals surface area contributed by atoms with Crippen LogP contribution in [0.15, 0.2) is 24.3 Å². The van der Waals surface area contributed by atoms with Gasteiger partial charge in [0.05, 0.1) is 0 Å². The van der Waals surface area contributed by atoms with Crippen LogP contribution in [-0.2, 0) is 6.42 Å². The fourth-order valence-corrected chi connectivity index (χ4v) is 1.91. The molecule has 0 heterocycles. The molecule has 0 aromatic heterocycles. The summed E-state index contributed by atoms with van der Waals surface area (Å²) >= 11 is 0. The van der Waals surface area contributed by atoms with Gasteiger partial charge in [-0.25, -0.2) is 0 Å². The fourth-order valence-electron chi connectivity index (χ4n) is 1.91. The van der Waals surface area contributed by atoms with Crippen molar-refractivity contribution >= 4 is 0 Å². The van der Waals surface area contributed by atoms with E-state index in [9.17, 15) is 0 Å². The van der Waals surface area contributed by atoms with E-state index in [-0.39, 0.29) is 0 Å². The zero-order valence-corrected chi connectivity index (χ0v) is 8.59. The molecule has 1 aromatic carbocycles. The molecule has 0 saturated heterocycles. The topological polar surface area (TPSA) is 0 Å². The molecule has 0 aliphatic heterocycles. The van der Waals surface area contributed by atoms with Crippen LogP contribution in [0.5, 0.6) is 0 Å². The van der Waals surface area contributed by atoms with Crippen LogP contribution >= 0.6 is 0 Å². The summed E-state index contributed by atoms with van der Waals surface area (Å²) in [6, 6.07) is 8.96. The number of benzene rings is 1. The Hall–Kier alpha value is -0.780. The van der Waals surface area contributed by atoms with Crippen LogP contribution in [0, 0.1) is 18.8 Å². The number of hydrogen-bond acceptors (Lipinski definition) is 0. The van der Waals surface area contributed by atoms with Crippen molar-refractivity contribution in [3.05, 3.63) is 35.4 Å². The predicted octanol–water partition coefficient (Wildman–Crippen LogP) is 3.58. The van der Waals surface area contributed by atoms with Gasteiger partial charge in [0, 0.05) is 0 Å². The molecule has 0 heteroatoms. The SMILES string of the molecule is Cc1ccc(CCC2CC2C)cc1. The van der Waals surface area contributed by atoms with E-state index in [2.05, 4.69) is 38.1 Å². The number of hydrogen-bond donors (Lipinski definition) is 0. The third-order valence-corrected chi connectivity index (χ3v) is 3.20. The zero-order chi connectivity index (χ0) is 9.26. The lowest BCUT2D eigenvalue weighted by Crippen LogP contribution is -1.87. The van der Waals surface area contributed by atoms with Gasteiger partial charge in [0.1, 0.15) is 0 Å². The number of rotatable bonds is 3.